The Bertz CT molecular complexity index is 1420. The number of hydrogen-bond donors (Lipinski definition) is 3. The van der Waals surface area contributed by atoms with Crippen molar-refractivity contribution in [3.63, 3.8) is 0 Å². The average Bonchev–Trinajstić information content (AvgIpc) is 3.65. The third kappa shape index (κ3) is 5.14. The molecule has 2 heterocycles. The minimum Gasteiger partial charge on any atom is -0.341 e. The molecular formula is C26H30FN5O6S. The molecule has 2 aliphatic carbocycles. The van der Waals surface area contributed by atoms with Crippen molar-refractivity contribution >= 4 is 33.6 Å². The lowest BCUT2D eigenvalue weighted by Crippen LogP contribution is -2.48. The Hall–Kier alpha value is -3.74. The van der Waals surface area contributed by atoms with Gasteiger partial charge in [0.05, 0.1) is 28.4 Å². The second kappa shape index (κ2) is 9.78. The van der Waals surface area contributed by atoms with Crippen LogP contribution in [0.3, 0.4) is 0 Å². The van der Waals surface area contributed by atoms with Crippen molar-refractivity contribution < 1.29 is 32.0 Å². The van der Waals surface area contributed by atoms with Gasteiger partial charge in [-0.3, -0.25) is 9.59 Å². The van der Waals surface area contributed by atoms with E-state index in [2.05, 4.69) is 16.0 Å². The van der Waals surface area contributed by atoms with E-state index in [1.165, 1.54) is 24.1 Å². The number of carbonyl (C=O) groups is 4. The monoisotopic (exact) mass is 559 g/mol. The van der Waals surface area contributed by atoms with Gasteiger partial charge in [0.15, 0.2) is 15.6 Å². The third-order valence-corrected chi connectivity index (χ3v) is 9.74. The summed E-state index contributed by atoms with van der Waals surface area (Å²) >= 11 is 0. The lowest BCUT2D eigenvalue weighted by molar-refractivity contribution is -0.135. The van der Waals surface area contributed by atoms with Gasteiger partial charge in [0.2, 0.25) is 5.91 Å². The van der Waals surface area contributed by atoms with E-state index in [1.807, 2.05) is 6.92 Å². The number of nitrogens with one attached hydrogen (secondary N) is 3. The summed E-state index contributed by atoms with van der Waals surface area (Å²) in [5, 5.41) is 7.40. The number of benzene rings is 1. The van der Waals surface area contributed by atoms with Gasteiger partial charge in [0.25, 0.3) is 0 Å². The molecule has 0 aromatic heterocycles. The Morgan fingerprint density at radius 2 is 1.92 bits per heavy atom. The molecule has 1 aromatic carbocycles. The van der Waals surface area contributed by atoms with Crippen LogP contribution in [0.5, 0.6) is 0 Å². The van der Waals surface area contributed by atoms with Crippen molar-refractivity contribution in [2.45, 2.75) is 44.3 Å². The standard InChI is InChI=1S/C26H30FN5O6S/c1-15(17-5-6-17)32(11-16-3-7-18(27)8-4-16)23(34)12-31-13-26(30-25(31)36)14-39(37,38)22-10-20(29-24(35)28-2)21(33)9-19(22)26/h3-4,7-8,10,15,17H,5-6,9,11-14H2,1-2H3,(H,30,36)(H2,28,29,35). The molecular weight excluding hydrogens is 529 g/mol. The molecule has 3 N–H and O–H groups in total. The van der Waals surface area contributed by atoms with E-state index in [-0.39, 0.29) is 60.0 Å². The van der Waals surface area contributed by atoms with E-state index in [0.29, 0.717) is 5.92 Å². The number of allylic oxidation sites excluding steroid dienone is 2. The Kier molecular flexibility index (Phi) is 6.73. The van der Waals surface area contributed by atoms with Gasteiger partial charge in [-0.2, -0.15) is 0 Å². The topological polar surface area (TPSA) is 145 Å². The van der Waals surface area contributed by atoms with Crippen LogP contribution in [0.2, 0.25) is 0 Å². The van der Waals surface area contributed by atoms with Crippen LogP contribution < -0.4 is 16.0 Å². The molecule has 13 heteroatoms. The Labute approximate surface area is 225 Å². The second-order valence-corrected chi connectivity index (χ2v) is 12.5. The van der Waals surface area contributed by atoms with Crippen molar-refractivity contribution in [2.75, 3.05) is 25.9 Å². The summed E-state index contributed by atoms with van der Waals surface area (Å²) in [5.74, 6) is -1.27. The van der Waals surface area contributed by atoms with Crippen molar-refractivity contribution in [1.29, 1.82) is 0 Å². The van der Waals surface area contributed by atoms with E-state index in [4.69, 9.17) is 0 Å². The fourth-order valence-corrected chi connectivity index (χ4v) is 7.62. The highest BCUT2D eigenvalue weighted by atomic mass is 32.2. The molecule has 0 radical (unpaired) electrons. The molecule has 0 bridgehead atoms. The normalized spacial score (nSPS) is 24.3. The first-order chi connectivity index (χ1) is 18.4. The summed E-state index contributed by atoms with van der Waals surface area (Å²) in [4.78, 5) is 53.9. The lowest BCUT2D eigenvalue weighted by atomic mass is 9.85. The summed E-state index contributed by atoms with van der Waals surface area (Å²) in [6, 6.07) is 4.55. The molecule has 5 amide bonds. The number of fused-ring (bicyclic) bond motifs is 1. The zero-order chi connectivity index (χ0) is 28.1. The largest absolute Gasteiger partial charge is 0.341 e. The summed E-state index contributed by atoms with van der Waals surface area (Å²) in [6.45, 7) is 1.83. The van der Waals surface area contributed by atoms with Crippen molar-refractivity contribution in [2.24, 2.45) is 5.92 Å². The Morgan fingerprint density at radius 1 is 1.23 bits per heavy atom. The summed E-state index contributed by atoms with van der Waals surface area (Å²) in [7, 11) is -2.51. The van der Waals surface area contributed by atoms with E-state index in [0.717, 1.165) is 24.5 Å². The molecule has 2 unspecified atom stereocenters. The van der Waals surface area contributed by atoms with Crippen LogP contribution in [-0.2, 0) is 26.0 Å². The average molecular weight is 560 g/mol. The first-order valence-corrected chi connectivity index (χ1v) is 14.4. The number of nitrogens with zero attached hydrogens (tertiary/aromatic N) is 2. The number of Topliss-reactive ketones (excluding diaryl/α,β-unsaturated/α-hetero) is 1. The number of ketones is 1. The van der Waals surface area contributed by atoms with Crippen molar-refractivity contribution in [3.8, 4) is 0 Å². The highest BCUT2D eigenvalue weighted by Crippen LogP contribution is 2.43. The number of sulfone groups is 1. The van der Waals surface area contributed by atoms with E-state index in [1.54, 1.807) is 17.0 Å². The van der Waals surface area contributed by atoms with Gasteiger partial charge in [0, 0.05) is 26.1 Å². The Balaban J connectivity index is 1.37. The summed E-state index contributed by atoms with van der Waals surface area (Å²) in [5.41, 5.74) is -0.478. The maximum Gasteiger partial charge on any atom is 0.319 e. The molecule has 4 aliphatic rings. The Morgan fingerprint density at radius 3 is 2.56 bits per heavy atom. The molecule has 1 saturated carbocycles. The zero-order valence-electron chi connectivity index (χ0n) is 21.6. The quantitative estimate of drug-likeness (QED) is 0.458. The minimum atomic E-state index is -3.88. The smallest absolute Gasteiger partial charge is 0.319 e. The van der Waals surface area contributed by atoms with Crippen LogP contribution in [0, 0.1) is 11.7 Å². The molecule has 11 nitrogen and oxygen atoms in total. The number of halogens is 1. The molecule has 39 heavy (non-hydrogen) atoms. The minimum absolute atomic E-state index is 0.0873. The highest BCUT2D eigenvalue weighted by Gasteiger charge is 2.56. The number of carbonyl (C=O) groups excluding carboxylic acids is 4. The molecule has 1 aromatic rings. The molecule has 2 aliphatic heterocycles. The number of rotatable bonds is 7. The first-order valence-electron chi connectivity index (χ1n) is 12.7. The van der Waals surface area contributed by atoms with Gasteiger partial charge in [-0.1, -0.05) is 12.1 Å². The number of urea groups is 2. The van der Waals surface area contributed by atoms with Gasteiger partial charge >= 0.3 is 12.1 Å². The summed E-state index contributed by atoms with van der Waals surface area (Å²) in [6.07, 6.45) is 2.84. The maximum atomic E-state index is 13.5. The van der Waals surface area contributed by atoms with Crippen molar-refractivity contribution in [1.82, 2.24) is 25.8 Å². The molecule has 1 spiro atoms. The zero-order valence-corrected chi connectivity index (χ0v) is 22.4. The molecule has 2 fully saturated rings. The van der Waals surface area contributed by atoms with Crippen LogP contribution in [0.25, 0.3) is 0 Å². The van der Waals surface area contributed by atoms with E-state index >= 15 is 0 Å². The van der Waals surface area contributed by atoms with Crippen LogP contribution in [-0.4, -0.2) is 79.4 Å². The molecule has 2 atom stereocenters. The maximum absolute atomic E-state index is 13.5. The SMILES string of the molecule is CNC(=O)NC1=CC2=C(CC1=O)C1(CN(CC(=O)N(Cc3ccc(F)cc3)C(C)C3CC3)C(=O)N1)CS2(=O)=O. The van der Waals surface area contributed by atoms with Gasteiger partial charge in [-0.25, -0.2) is 22.4 Å². The third-order valence-electron chi connectivity index (χ3n) is 7.84. The fourth-order valence-electron chi connectivity index (χ4n) is 5.54. The second-order valence-electron chi connectivity index (χ2n) is 10.6. The van der Waals surface area contributed by atoms with Crippen LogP contribution >= 0.6 is 0 Å². The predicted octanol–water partition coefficient (Wildman–Crippen LogP) is 1.19. The van der Waals surface area contributed by atoms with E-state index in [9.17, 15) is 32.0 Å². The summed E-state index contributed by atoms with van der Waals surface area (Å²) < 4.78 is 39.6. The van der Waals surface area contributed by atoms with Crippen LogP contribution in [0.4, 0.5) is 14.0 Å². The lowest BCUT2D eigenvalue weighted by Gasteiger charge is -2.31. The van der Waals surface area contributed by atoms with Gasteiger partial charge in [0.1, 0.15) is 12.4 Å². The van der Waals surface area contributed by atoms with E-state index < -0.39 is 39.0 Å². The number of hydrogen-bond acceptors (Lipinski definition) is 6. The molecule has 208 valence electrons. The van der Waals surface area contributed by atoms with Crippen LogP contribution in [0.15, 0.2) is 46.5 Å². The van der Waals surface area contributed by atoms with Crippen molar-refractivity contribution in [3.05, 3.63) is 57.9 Å². The van der Waals surface area contributed by atoms with Gasteiger partial charge in [-0.15, -0.1) is 0 Å². The van der Waals surface area contributed by atoms with Crippen LogP contribution in [0.1, 0.15) is 31.7 Å². The highest BCUT2D eigenvalue weighted by molar-refractivity contribution is 7.95. The number of amides is 5. The van der Waals surface area contributed by atoms with Gasteiger partial charge < -0.3 is 25.8 Å². The molecule has 5 rings (SSSR count). The first kappa shape index (κ1) is 26.9. The predicted molar refractivity (Wildman–Crippen MR) is 138 cm³/mol. The molecule has 1 saturated heterocycles. The van der Waals surface area contributed by atoms with Gasteiger partial charge in [-0.05, 0) is 55.0 Å². The fraction of sp³-hybridized carbons (Fsp3) is 0.462.